The highest BCUT2D eigenvalue weighted by Crippen LogP contribution is 2.26. The van der Waals surface area contributed by atoms with Crippen LogP contribution in [0.25, 0.3) is 0 Å². The first-order chi connectivity index (χ1) is 10.5. The van der Waals surface area contributed by atoms with Crippen molar-refractivity contribution < 1.29 is 9.53 Å². The Hall–Kier alpha value is -2.89. The van der Waals surface area contributed by atoms with Crippen molar-refractivity contribution in [1.82, 2.24) is 10.3 Å². The third kappa shape index (κ3) is 2.90. The Morgan fingerprint density at radius 2 is 2.00 bits per heavy atom. The molecule has 6 heteroatoms. The molecule has 1 amide bonds. The SMILES string of the molecule is CNC(=O)c1cccc(C(=N)c2c(N)cc(C)nc2OC)c1. The summed E-state index contributed by atoms with van der Waals surface area (Å²) in [5, 5.41) is 10.9. The van der Waals surface area contributed by atoms with Gasteiger partial charge in [0.05, 0.1) is 18.4 Å². The molecular weight excluding hydrogens is 280 g/mol. The topological polar surface area (TPSA) is 101 Å². The monoisotopic (exact) mass is 298 g/mol. The van der Waals surface area contributed by atoms with Crippen molar-refractivity contribution in [1.29, 1.82) is 5.41 Å². The van der Waals surface area contributed by atoms with Gasteiger partial charge in [0.2, 0.25) is 5.88 Å². The first-order valence-electron chi connectivity index (χ1n) is 6.70. The van der Waals surface area contributed by atoms with Gasteiger partial charge in [-0.1, -0.05) is 12.1 Å². The van der Waals surface area contributed by atoms with Crippen LogP contribution < -0.4 is 15.8 Å². The predicted octanol–water partition coefficient (Wildman–Crippen LogP) is 1.76. The number of nitrogens with zero attached hydrogens (tertiary/aromatic N) is 1. The zero-order chi connectivity index (χ0) is 16.3. The second-order valence-electron chi connectivity index (χ2n) is 4.77. The Morgan fingerprint density at radius 1 is 1.32 bits per heavy atom. The van der Waals surface area contributed by atoms with E-state index in [2.05, 4.69) is 10.3 Å². The van der Waals surface area contributed by atoms with Crippen LogP contribution in [0.3, 0.4) is 0 Å². The lowest BCUT2D eigenvalue weighted by Crippen LogP contribution is -2.18. The molecule has 0 fully saturated rings. The minimum Gasteiger partial charge on any atom is -0.480 e. The number of carbonyl (C=O) groups is 1. The number of aryl methyl sites for hydroxylation is 1. The predicted molar refractivity (Wildman–Crippen MR) is 85.7 cm³/mol. The largest absolute Gasteiger partial charge is 0.480 e. The van der Waals surface area contributed by atoms with Crippen LogP contribution in [0.4, 0.5) is 5.69 Å². The van der Waals surface area contributed by atoms with Gasteiger partial charge in [-0.05, 0) is 25.1 Å². The highest BCUT2D eigenvalue weighted by molar-refractivity contribution is 6.16. The molecule has 6 nitrogen and oxygen atoms in total. The van der Waals surface area contributed by atoms with Crippen LogP contribution in [0.5, 0.6) is 5.88 Å². The van der Waals surface area contributed by atoms with Crippen LogP contribution in [0.2, 0.25) is 0 Å². The molecule has 1 heterocycles. The molecule has 2 rings (SSSR count). The molecular formula is C16H18N4O2. The van der Waals surface area contributed by atoms with Crippen LogP contribution in [0.15, 0.2) is 30.3 Å². The lowest BCUT2D eigenvalue weighted by molar-refractivity contribution is 0.0963. The molecule has 4 N–H and O–H groups in total. The number of nitrogens with one attached hydrogen (secondary N) is 2. The first-order valence-corrected chi connectivity index (χ1v) is 6.70. The molecule has 114 valence electrons. The summed E-state index contributed by atoms with van der Waals surface area (Å²) >= 11 is 0. The molecule has 1 aromatic carbocycles. The smallest absolute Gasteiger partial charge is 0.251 e. The minimum absolute atomic E-state index is 0.160. The van der Waals surface area contributed by atoms with Crippen molar-refractivity contribution in [2.24, 2.45) is 0 Å². The molecule has 22 heavy (non-hydrogen) atoms. The van der Waals surface area contributed by atoms with Gasteiger partial charge in [-0.15, -0.1) is 0 Å². The number of anilines is 1. The van der Waals surface area contributed by atoms with Gasteiger partial charge in [-0.2, -0.15) is 0 Å². The number of pyridine rings is 1. The lowest BCUT2D eigenvalue weighted by Gasteiger charge is -2.13. The Kier molecular flexibility index (Phi) is 4.41. The van der Waals surface area contributed by atoms with E-state index < -0.39 is 0 Å². The van der Waals surface area contributed by atoms with Crippen molar-refractivity contribution in [3.05, 3.63) is 52.7 Å². The van der Waals surface area contributed by atoms with Gasteiger partial charge in [-0.3, -0.25) is 10.2 Å². The first kappa shape index (κ1) is 15.5. The third-order valence-corrected chi connectivity index (χ3v) is 3.23. The molecule has 0 saturated carbocycles. The molecule has 2 aromatic rings. The van der Waals surface area contributed by atoms with E-state index in [1.54, 1.807) is 44.3 Å². The van der Waals surface area contributed by atoms with Gasteiger partial charge < -0.3 is 15.8 Å². The molecule has 0 atom stereocenters. The Balaban J connectivity index is 2.51. The van der Waals surface area contributed by atoms with E-state index in [-0.39, 0.29) is 11.6 Å². The molecule has 0 aliphatic carbocycles. The number of methoxy groups -OCH3 is 1. The Labute approximate surface area is 128 Å². The molecule has 1 aromatic heterocycles. The second-order valence-corrected chi connectivity index (χ2v) is 4.77. The number of hydrogen-bond acceptors (Lipinski definition) is 5. The minimum atomic E-state index is -0.211. The Morgan fingerprint density at radius 3 is 2.64 bits per heavy atom. The number of rotatable bonds is 4. The summed E-state index contributed by atoms with van der Waals surface area (Å²) in [5.74, 6) is 0.0875. The van der Waals surface area contributed by atoms with E-state index in [4.69, 9.17) is 15.9 Å². The Bertz CT molecular complexity index is 741. The maximum Gasteiger partial charge on any atom is 0.251 e. The maximum absolute atomic E-state index is 11.7. The average molecular weight is 298 g/mol. The molecule has 0 unspecified atom stereocenters. The van der Waals surface area contributed by atoms with Crippen LogP contribution in [-0.2, 0) is 0 Å². The van der Waals surface area contributed by atoms with Crippen molar-refractivity contribution in [3.63, 3.8) is 0 Å². The summed E-state index contributed by atoms with van der Waals surface area (Å²) < 4.78 is 5.24. The average Bonchev–Trinajstić information content (AvgIpc) is 2.52. The number of amides is 1. The fourth-order valence-corrected chi connectivity index (χ4v) is 2.17. The number of ether oxygens (including phenoxy) is 1. The summed E-state index contributed by atoms with van der Waals surface area (Å²) in [6, 6.07) is 8.48. The van der Waals surface area contributed by atoms with E-state index in [0.717, 1.165) is 0 Å². The third-order valence-electron chi connectivity index (χ3n) is 3.23. The van der Waals surface area contributed by atoms with Gasteiger partial charge in [0.25, 0.3) is 5.91 Å². The van der Waals surface area contributed by atoms with E-state index in [1.807, 2.05) is 0 Å². The van der Waals surface area contributed by atoms with E-state index >= 15 is 0 Å². The second kappa shape index (κ2) is 6.26. The van der Waals surface area contributed by atoms with Gasteiger partial charge in [0.15, 0.2) is 0 Å². The summed E-state index contributed by atoms with van der Waals surface area (Å²) in [6.45, 7) is 1.80. The highest BCUT2D eigenvalue weighted by Gasteiger charge is 2.17. The number of hydrogen-bond donors (Lipinski definition) is 3. The molecule has 0 aliphatic rings. The van der Waals surface area contributed by atoms with Crippen molar-refractivity contribution >= 4 is 17.3 Å². The summed E-state index contributed by atoms with van der Waals surface area (Å²) in [5.41, 5.74) is 8.77. The fourth-order valence-electron chi connectivity index (χ4n) is 2.17. The van der Waals surface area contributed by atoms with Crippen LogP contribution >= 0.6 is 0 Å². The zero-order valence-corrected chi connectivity index (χ0v) is 12.7. The summed E-state index contributed by atoms with van der Waals surface area (Å²) in [7, 11) is 3.05. The van der Waals surface area contributed by atoms with E-state index in [9.17, 15) is 4.79 Å². The van der Waals surface area contributed by atoms with Crippen LogP contribution in [0, 0.1) is 12.3 Å². The van der Waals surface area contributed by atoms with E-state index in [0.29, 0.717) is 34.0 Å². The van der Waals surface area contributed by atoms with Gasteiger partial charge >= 0.3 is 0 Å². The standard InChI is InChI=1S/C16H18N4O2/c1-9-7-12(17)13(16(20-9)22-3)14(18)10-5-4-6-11(8-10)15(21)19-2/h4-8,18H,1-3H3,(H2,17,20)(H,19,21). The molecule has 0 spiro atoms. The quantitative estimate of drug-likeness (QED) is 0.748. The van der Waals surface area contributed by atoms with E-state index in [1.165, 1.54) is 7.11 Å². The number of nitrogens with two attached hydrogens (primary N) is 1. The number of benzene rings is 1. The zero-order valence-electron chi connectivity index (χ0n) is 12.7. The number of nitrogen functional groups attached to an aromatic ring is 1. The summed E-state index contributed by atoms with van der Waals surface area (Å²) in [6.07, 6.45) is 0. The maximum atomic E-state index is 11.7. The van der Waals surface area contributed by atoms with Crippen LogP contribution in [-0.4, -0.2) is 30.8 Å². The lowest BCUT2D eigenvalue weighted by atomic mass is 9.99. The van der Waals surface area contributed by atoms with Crippen molar-refractivity contribution in [2.45, 2.75) is 6.92 Å². The molecule has 0 aliphatic heterocycles. The van der Waals surface area contributed by atoms with Crippen molar-refractivity contribution in [2.75, 3.05) is 19.9 Å². The normalized spacial score (nSPS) is 10.1. The van der Waals surface area contributed by atoms with Crippen LogP contribution in [0.1, 0.15) is 27.2 Å². The number of carbonyl (C=O) groups excluding carboxylic acids is 1. The molecule has 0 radical (unpaired) electrons. The molecule has 0 bridgehead atoms. The van der Waals surface area contributed by atoms with Gasteiger partial charge in [0.1, 0.15) is 0 Å². The van der Waals surface area contributed by atoms with Gasteiger partial charge in [0, 0.05) is 29.6 Å². The molecule has 0 saturated heterocycles. The number of aromatic nitrogens is 1. The fraction of sp³-hybridized carbons (Fsp3) is 0.188. The van der Waals surface area contributed by atoms with Crippen molar-refractivity contribution in [3.8, 4) is 5.88 Å². The summed E-state index contributed by atoms with van der Waals surface area (Å²) in [4.78, 5) is 16.0. The van der Waals surface area contributed by atoms with Gasteiger partial charge in [-0.25, -0.2) is 4.98 Å². The highest BCUT2D eigenvalue weighted by atomic mass is 16.5.